The smallest absolute Gasteiger partial charge is 0.263 e. The van der Waals surface area contributed by atoms with Gasteiger partial charge in [-0.1, -0.05) is 17.3 Å². The lowest BCUT2D eigenvalue weighted by Crippen LogP contribution is -2.16. The summed E-state index contributed by atoms with van der Waals surface area (Å²) in [7, 11) is 0. The molecule has 3 rings (SSSR count). The van der Waals surface area contributed by atoms with Crippen molar-refractivity contribution in [3.8, 4) is 0 Å². The zero-order valence-electron chi connectivity index (χ0n) is 11.5. The molecule has 2 aromatic heterocycles. The number of amidine groups is 1. The van der Waals surface area contributed by atoms with Crippen LogP contribution in [0.4, 0.5) is 14.5 Å². The van der Waals surface area contributed by atoms with E-state index < -0.39 is 6.43 Å². The van der Waals surface area contributed by atoms with Crippen LogP contribution >= 0.6 is 0 Å². The Morgan fingerprint density at radius 2 is 2.22 bits per heavy atom. The fourth-order valence-electron chi connectivity index (χ4n) is 1.86. The third-order valence-corrected chi connectivity index (χ3v) is 2.90. The number of benzene rings is 1. The van der Waals surface area contributed by atoms with Gasteiger partial charge in [0.1, 0.15) is 12.0 Å². The van der Waals surface area contributed by atoms with Crippen molar-refractivity contribution in [3.05, 3.63) is 47.5 Å². The van der Waals surface area contributed by atoms with Gasteiger partial charge >= 0.3 is 0 Å². The summed E-state index contributed by atoms with van der Waals surface area (Å²) in [6.07, 6.45) is -1.21. The lowest BCUT2D eigenvalue weighted by molar-refractivity contribution is 0.151. The van der Waals surface area contributed by atoms with Gasteiger partial charge in [0.15, 0.2) is 11.5 Å². The number of nitrogens with zero attached hydrogens (tertiary/aromatic N) is 6. The number of hydrogen-bond donors (Lipinski definition) is 2. The second-order valence-corrected chi connectivity index (χ2v) is 4.49. The predicted octanol–water partition coefficient (Wildman–Crippen LogP) is 1.48. The van der Waals surface area contributed by atoms with Crippen LogP contribution in [0.25, 0.3) is 0 Å². The van der Waals surface area contributed by atoms with Crippen molar-refractivity contribution in [1.82, 2.24) is 30.5 Å². The van der Waals surface area contributed by atoms with Gasteiger partial charge < -0.3 is 5.32 Å². The molecule has 0 bridgehead atoms. The van der Waals surface area contributed by atoms with Crippen molar-refractivity contribution in [2.45, 2.75) is 13.0 Å². The molecule has 9 nitrogen and oxygen atoms in total. The fraction of sp³-hybridized carbons (Fsp3) is 0.167. The fourth-order valence-corrected chi connectivity index (χ4v) is 1.86. The van der Waals surface area contributed by atoms with Crippen LogP contribution in [-0.2, 0) is 6.54 Å². The van der Waals surface area contributed by atoms with Gasteiger partial charge in [-0.3, -0.25) is 5.41 Å². The van der Waals surface area contributed by atoms with Crippen LogP contribution in [-0.4, -0.2) is 36.4 Å². The normalized spacial score (nSPS) is 10.9. The summed E-state index contributed by atoms with van der Waals surface area (Å²) in [5, 5.41) is 28.7. The molecule has 2 heterocycles. The molecule has 0 unspecified atom stereocenters. The van der Waals surface area contributed by atoms with Crippen LogP contribution in [0.1, 0.15) is 23.4 Å². The summed E-state index contributed by atoms with van der Waals surface area (Å²) in [6.45, 7) is 0.160. The average molecular weight is 320 g/mol. The SMILES string of the molecule is N=C(Nc1cccc(C(F)F)c1)c1nonc1Cn1cnnn1. The first kappa shape index (κ1) is 14.7. The highest BCUT2D eigenvalue weighted by Crippen LogP contribution is 2.22. The first-order valence-corrected chi connectivity index (χ1v) is 6.40. The number of anilines is 1. The first-order chi connectivity index (χ1) is 11.1. The number of alkyl halides is 2. The summed E-state index contributed by atoms with van der Waals surface area (Å²) in [4.78, 5) is 0. The van der Waals surface area contributed by atoms with Gasteiger partial charge in [-0.05, 0) is 27.7 Å². The minimum absolute atomic E-state index is 0.138. The Bertz CT molecular complexity index is 801. The topological polar surface area (TPSA) is 118 Å². The van der Waals surface area contributed by atoms with E-state index in [1.807, 2.05) is 0 Å². The highest BCUT2D eigenvalue weighted by atomic mass is 19.3. The van der Waals surface area contributed by atoms with Crippen LogP contribution in [0.3, 0.4) is 0 Å². The van der Waals surface area contributed by atoms with Crippen LogP contribution in [0, 0.1) is 5.41 Å². The zero-order valence-corrected chi connectivity index (χ0v) is 11.5. The summed E-state index contributed by atoms with van der Waals surface area (Å²) in [6, 6.07) is 5.60. The van der Waals surface area contributed by atoms with Crippen molar-refractivity contribution >= 4 is 11.5 Å². The molecule has 0 amide bonds. The van der Waals surface area contributed by atoms with Crippen LogP contribution < -0.4 is 5.32 Å². The van der Waals surface area contributed by atoms with Crippen molar-refractivity contribution < 1.29 is 13.4 Å². The maximum absolute atomic E-state index is 12.7. The number of nitrogens with one attached hydrogen (secondary N) is 2. The van der Waals surface area contributed by atoms with Crippen LogP contribution in [0.5, 0.6) is 0 Å². The van der Waals surface area contributed by atoms with E-state index in [1.165, 1.54) is 29.2 Å². The molecule has 0 saturated carbocycles. The first-order valence-electron chi connectivity index (χ1n) is 6.40. The molecule has 0 radical (unpaired) electrons. The molecule has 0 aliphatic rings. The summed E-state index contributed by atoms with van der Waals surface area (Å²) >= 11 is 0. The summed E-state index contributed by atoms with van der Waals surface area (Å²) in [5.74, 6) is -0.138. The van der Waals surface area contributed by atoms with Gasteiger partial charge in [-0.15, -0.1) is 5.10 Å². The third-order valence-electron chi connectivity index (χ3n) is 2.90. The number of halogens is 2. The predicted molar refractivity (Wildman–Crippen MR) is 73.1 cm³/mol. The number of aromatic nitrogens is 6. The van der Waals surface area contributed by atoms with E-state index in [1.54, 1.807) is 6.07 Å². The average Bonchev–Trinajstić information content (AvgIpc) is 3.19. The largest absolute Gasteiger partial charge is 0.339 e. The Labute approximate surface area is 127 Å². The highest BCUT2D eigenvalue weighted by molar-refractivity contribution is 6.05. The van der Waals surface area contributed by atoms with Gasteiger partial charge in [0.2, 0.25) is 0 Å². The Kier molecular flexibility index (Phi) is 3.99. The van der Waals surface area contributed by atoms with Crippen molar-refractivity contribution in [2.75, 3.05) is 5.32 Å². The minimum Gasteiger partial charge on any atom is -0.339 e. The van der Waals surface area contributed by atoms with E-state index in [0.717, 1.165) is 0 Å². The van der Waals surface area contributed by atoms with E-state index in [9.17, 15) is 8.78 Å². The summed E-state index contributed by atoms with van der Waals surface area (Å²) in [5.41, 5.74) is 0.668. The number of rotatable bonds is 5. The van der Waals surface area contributed by atoms with Crippen molar-refractivity contribution in [3.63, 3.8) is 0 Å². The Hall–Kier alpha value is -3.24. The Morgan fingerprint density at radius 3 is 2.96 bits per heavy atom. The number of tetrazole rings is 1. The standard InChI is InChI=1S/C12H10F2N8O/c13-11(14)7-2-1-3-8(4-7)17-12(15)10-9(18-23-19-10)5-22-6-16-20-21-22/h1-4,6,11H,5H2,(H2,15,17). The van der Waals surface area contributed by atoms with Gasteiger partial charge in [0.05, 0.1) is 6.54 Å². The van der Waals surface area contributed by atoms with E-state index in [-0.39, 0.29) is 23.6 Å². The maximum Gasteiger partial charge on any atom is 0.263 e. The highest BCUT2D eigenvalue weighted by Gasteiger charge is 2.17. The van der Waals surface area contributed by atoms with Gasteiger partial charge in [-0.25, -0.2) is 18.1 Å². The molecule has 118 valence electrons. The molecule has 2 N–H and O–H groups in total. The Morgan fingerprint density at radius 1 is 1.35 bits per heavy atom. The monoisotopic (exact) mass is 320 g/mol. The second kappa shape index (κ2) is 6.25. The lowest BCUT2D eigenvalue weighted by Gasteiger charge is -2.08. The second-order valence-electron chi connectivity index (χ2n) is 4.49. The van der Waals surface area contributed by atoms with Crippen LogP contribution in [0.2, 0.25) is 0 Å². The van der Waals surface area contributed by atoms with E-state index >= 15 is 0 Å². The van der Waals surface area contributed by atoms with Crippen molar-refractivity contribution in [2.24, 2.45) is 0 Å². The molecule has 0 saturated heterocycles. The van der Waals surface area contributed by atoms with E-state index in [4.69, 9.17) is 5.41 Å². The van der Waals surface area contributed by atoms with Gasteiger partial charge in [0, 0.05) is 11.3 Å². The third kappa shape index (κ3) is 3.33. The van der Waals surface area contributed by atoms with Crippen molar-refractivity contribution in [1.29, 1.82) is 5.41 Å². The molecular formula is C12H10F2N8O. The molecule has 0 aliphatic heterocycles. The molecule has 1 aromatic carbocycles. The molecule has 0 spiro atoms. The summed E-state index contributed by atoms with van der Waals surface area (Å²) < 4.78 is 31.4. The van der Waals surface area contributed by atoms with E-state index in [2.05, 4.69) is 35.8 Å². The molecule has 0 aliphatic carbocycles. The number of hydrogen-bond acceptors (Lipinski definition) is 7. The molecular weight excluding hydrogens is 310 g/mol. The molecule has 23 heavy (non-hydrogen) atoms. The molecule has 11 heteroatoms. The Balaban J connectivity index is 1.76. The van der Waals surface area contributed by atoms with Gasteiger partial charge in [-0.2, -0.15) is 0 Å². The maximum atomic E-state index is 12.7. The van der Waals surface area contributed by atoms with E-state index in [0.29, 0.717) is 11.4 Å². The molecule has 0 fully saturated rings. The minimum atomic E-state index is -2.59. The zero-order chi connectivity index (χ0) is 16.2. The molecule has 0 atom stereocenters. The molecule has 3 aromatic rings. The van der Waals surface area contributed by atoms with Crippen LogP contribution in [0.15, 0.2) is 35.2 Å². The lowest BCUT2D eigenvalue weighted by atomic mass is 10.2. The quantitative estimate of drug-likeness (QED) is 0.540. The van der Waals surface area contributed by atoms with Gasteiger partial charge in [0.25, 0.3) is 6.43 Å².